The highest BCUT2D eigenvalue weighted by atomic mass is 19.4. The van der Waals surface area contributed by atoms with Gasteiger partial charge in [0.25, 0.3) is 11.8 Å². The Morgan fingerprint density at radius 3 is 2.73 bits per heavy atom. The molecule has 1 unspecified atom stereocenters. The summed E-state index contributed by atoms with van der Waals surface area (Å²) in [5.74, 6) is -0.972. The minimum atomic E-state index is -4.84. The number of benzene rings is 1. The summed E-state index contributed by atoms with van der Waals surface area (Å²) in [5.41, 5.74) is 1.25. The van der Waals surface area contributed by atoms with E-state index in [4.69, 9.17) is 4.42 Å². The van der Waals surface area contributed by atoms with Crippen molar-refractivity contribution in [2.75, 3.05) is 0 Å². The van der Waals surface area contributed by atoms with Crippen molar-refractivity contribution in [2.45, 2.75) is 32.5 Å². The molecule has 4 rings (SSSR count). The molecule has 0 spiro atoms. The van der Waals surface area contributed by atoms with E-state index in [0.29, 0.717) is 11.3 Å². The van der Waals surface area contributed by atoms with Crippen LogP contribution in [0.25, 0.3) is 11.5 Å². The lowest BCUT2D eigenvalue weighted by Crippen LogP contribution is -2.25. The Balaban J connectivity index is 1.56. The predicted molar refractivity (Wildman–Crippen MR) is 93.8 cm³/mol. The van der Waals surface area contributed by atoms with Gasteiger partial charge in [-0.3, -0.25) is 9.78 Å². The van der Waals surface area contributed by atoms with Crippen LogP contribution in [0, 0.1) is 0 Å². The topological polar surface area (TPSA) is 81.4 Å². The number of amides is 1. The van der Waals surface area contributed by atoms with Crippen molar-refractivity contribution in [3.63, 3.8) is 0 Å². The van der Waals surface area contributed by atoms with Crippen molar-refractivity contribution in [2.24, 2.45) is 0 Å². The van der Waals surface area contributed by atoms with E-state index < -0.39 is 18.4 Å². The quantitative estimate of drug-likeness (QED) is 0.573. The first-order chi connectivity index (χ1) is 14.2. The molecular weight excluding hydrogens is 408 g/mol. The standard InChI is InChI=1S/C19H14F4N4O3/c1-10(20)16-25-26-17(29-16)12-6-13-14(24-7-12)9-27(18(13)28)8-11-4-2-3-5-15(11)30-19(21,22)23/h2-7,10H,8-9H2,1H3. The van der Waals surface area contributed by atoms with E-state index in [1.54, 1.807) is 6.07 Å². The second-order valence-corrected chi connectivity index (χ2v) is 6.60. The van der Waals surface area contributed by atoms with Crippen molar-refractivity contribution in [1.29, 1.82) is 0 Å². The zero-order valence-corrected chi connectivity index (χ0v) is 15.5. The van der Waals surface area contributed by atoms with Crippen LogP contribution >= 0.6 is 0 Å². The maximum absolute atomic E-state index is 13.3. The Bertz CT molecular complexity index is 1100. The molecule has 11 heteroatoms. The first-order valence-corrected chi connectivity index (χ1v) is 8.81. The van der Waals surface area contributed by atoms with Gasteiger partial charge in [0, 0.05) is 11.8 Å². The molecule has 3 aromatic rings. The molecule has 0 saturated heterocycles. The van der Waals surface area contributed by atoms with Gasteiger partial charge < -0.3 is 14.1 Å². The van der Waals surface area contributed by atoms with Gasteiger partial charge in [0.15, 0.2) is 6.17 Å². The average molecular weight is 422 g/mol. The number of carbonyl (C=O) groups excluding carboxylic acids is 1. The van der Waals surface area contributed by atoms with Crippen molar-refractivity contribution in [3.05, 3.63) is 59.2 Å². The number of carbonyl (C=O) groups is 1. The van der Waals surface area contributed by atoms with E-state index in [9.17, 15) is 22.4 Å². The van der Waals surface area contributed by atoms with Crippen molar-refractivity contribution in [3.8, 4) is 17.2 Å². The Hall–Kier alpha value is -3.50. The van der Waals surface area contributed by atoms with Gasteiger partial charge in [-0.05, 0) is 19.1 Å². The lowest BCUT2D eigenvalue weighted by atomic mass is 10.1. The fourth-order valence-corrected chi connectivity index (χ4v) is 3.05. The molecular formula is C19H14F4N4O3. The van der Waals surface area contributed by atoms with E-state index in [2.05, 4.69) is 19.9 Å². The molecule has 156 valence electrons. The van der Waals surface area contributed by atoms with Gasteiger partial charge in [0.2, 0.25) is 5.89 Å². The van der Waals surface area contributed by atoms with E-state index >= 15 is 0 Å². The third-order valence-corrected chi connectivity index (χ3v) is 4.42. The number of para-hydroxylation sites is 1. The number of hydrogen-bond donors (Lipinski definition) is 0. The number of rotatable bonds is 5. The van der Waals surface area contributed by atoms with Crippen LogP contribution in [0.3, 0.4) is 0 Å². The van der Waals surface area contributed by atoms with E-state index in [-0.39, 0.29) is 41.7 Å². The number of fused-ring (bicyclic) bond motifs is 1. The highest BCUT2D eigenvalue weighted by Crippen LogP contribution is 2.31. The monoisotopic (exact) mass is 422 g/mol. The van der Waals surface area contributed by atoms with Crippen LogP contribution in [-0.2, 0) is 13.1 Å². The molecule has 1 aromatic carbocycles. The van der Waals surface area contributed by atoms with Crippen molar-refractivity contribution < 1.29 is 31.5 Å². The van der Waals surface area contributed by atoms with E-state index in [0.717, 1.165) is 0 Å². The third-order valence-electron chi connectivity index (χ3n) is 4.42. The number of halogens is 4. The van der Waals surface area contributed by atoms with Gasteiger partial charge >= 0.3 is 6.36 Å². The molecule has 7 nitrogen and oxygen atoms in total. The number of nitrogens with zero attached hydrogens (tertiary/aromatic N) is 4. The second-order valence-electron chi connectivity index (χ2n) is 6.60. The van der Waals surface area contributed by atoms with Gasteiger partial charge in [-0.15, -0.1) is 23.4 Å². The maximum Gasteiger partial charge on any atom is 0.573 e. The van der Waals surface area contributed by atoms with Crippen molar-refractivity contribution >= 4 is 5.91 Å². The highest BCUT2D eigenvalue weighted by molar-refractivity contribution is 5.98. The summed E-state index contributed by atoms with van der Waals surface area (Å²) in [7, 11) is 0. The van der Waals surface area contributed by atoms with Crippen LogP contribution in [0.15, 0.2) is 40.9 Å². The van der Waals surface area contributed by atoms with Crippen LogP contribution < -0.4 is 4.74 Å². The molecule has 1 aliphatic heterocycles. The number of alkyl halides is 4. The lowest BCUT2D eigenvalue weighted by molar-refractivity contribution is -0.275. The number of aromatic nitrogens is 3. The SMILES string of the molecule is CC(F)c1nnc(-c2cnc3c(c2)C(=O)N(Cc2ccccc2OC(F)(F)F)C3)o1. The first-order valence-electron chi connectivity index (χ1n) is 8.81. The largest absolute Gasteiger partial charge is 0.573 e. The molecule has 3 heterocycles. The smallest absolute Gasteiger partial charge is 0.417 e. The van der Waals surface area contributed by atoms with Gasteiger partial charge in [-0.1, -0.05) is 18.2 Å². The average Bonchev–Trinajstić information content (AvgIpc) is 3.28. The van der Waals surface area contributed by atoms with Gasteiger partial charge in [-0.2, -0.15) is 0 Å². The Kier molecular flexibility index (Phi) is 4.88. The Labute approximate surface area is 167 Å². The molecule has 0 radical (unpaired) electrons. The summed E-state index contributed by atoms with van der Waals surface area (Å²) in [6, 6.07) is 7.10. The molecule has 0 saturated carbocycles. The van der Waals surface area contributed by atoms with Crippen LogP contribution in [0.1, 0.15) is 40.6 Å². The van der Waals surface area contributed by atoms with Crippen LogP contribution in [0.4, 0.5) is 17.6 Å². The Morgan fingerprint density at radius 1 is 1.27 bits per heavy atom. The van der Waals surface area contributed by atoms with E-state index in [1.165, 1.54) is 42.3 Å². The van der Waals surface area contributed by atoms with Crippen molar-refractivity contribution in [1.82, 2.24) is 20.1 Å². The molecule has 0 bridgehead atoms. The minimum absolute atomic E-state index is 0.0139. The summed E-state index contributed by atoms with van der Waals surface area (Å²) >= 11 is 0. The maximum atomic E-state index is 13.3. The molecule has 1 atom stereocenters. The third kappa shape index (κ3) is 3.95. The van der Waals surface area contributed by atoms with Gasteiger partial charge in [-0.25, -0.2) is 4.39 Å². The summed E-state index contributed by atoms with van der Waals surface area (Å²) in [5, 5.41) is 7.34. The van der Waals surface area contributed by atoms with Gasteiger partial charge in [0.05, 0.1) is 29.9 Å². The fourth-order valence-electron chi connectivity index (χ4n) is 3.05. The predicted octanol–water partition coefficient (Wildman–Crippen LogP) is 4.22. The Morgan fingerprint density at radius 2 is 2.03 bits per heavy atom. The first kappa shape index (κ1) is 19.8. The number of pyridine rings is 1. The van der Waals surface area contributed by atoms with E-state index in [1.807, 2.05) is 0 Å². The van der Waals surface area contributed by atoms with Gasteiger partial charge in [0.1, 0.15) is 5.75 Å². The zero-order chi connectivity index (χ0) is 21.5. The van der Waals surface area contributed by atoms with Crippen LogP contribution in [0.5, 0.6) is 5.75 Å². The molecule has 30 heavy (non-hydrogen) atoms. The lowest BCUT2D eigenvalue weighted by Gasteiger charge is -2.18. The summed E-state index contributed by atoms with van der Waals surface area (Å²) in [6.07, 6.45) is -4.87. The molecule has 1 aliphatic rings. The summed E-state index contributed by atoms with van der Waals surface area (Å²) in [6.45, 7) is 1.27. The second kappa shape index (κ2) is 7.39. The summed E-state index contributed by atoms with van der Waals surface area (Å²) < 4.78 is 60.4. The molecule has 0 fully saturated rings. The molecule has 0 aliphatic carbocycles. The fraction of sp³-hybridized carbons (Fsp3) is 0.263. The molecule has 0 N–H and O–H groups in total. The van der Waals surface area contributed by atoms with Crippen LogP contribution in [-0.4, -0.2) is 32.4 Å². The highest BCUT2D eigenvalue weighted by Gasteiger charge is 2.34. The molecule has 2 aromatic heterocycles. The minimum Gasteiger partial charge on any atom is -0.417 e. The number of ether oxygens (including phenoxy) is 1. The normalized spacial score (nSPS) is 14.7. The molecule has 1 amide bonds. The zero-order valence-electron chi connectivity index (χ0n) is 15.5. The summed E-state index contributed by atoms with van der Waals surface area (Å²) in [4.78, 5) is 18.4. The van der Waals surface area contributed by atoms with Crippen LogP contribution in [0.2, 0.25) is 0 Å². The number of hydrogen-bond acceptors (Lipinski definition) is 6.